The van der Waals surface area contributed by atoms with E-state index in [4.69, 9.17) is 4.52 Å². The van der Waals surface area contributed by atoms with Gasteiger partial charge < -0.3 is 9.42 Å². The fraction of sp³-hybridized carbons (Fsp3) is 1.00. The van der Waals surface area contributed by atoms with Crippen LogP contribution < -0.4 is 0 Å². The van der Waals surface area contributed by atoms with E-state index in [1.165, 1.54) is 83.5 Å². The van der Waals surface area contributed by atoms with Gasteiger partial charge in [0.1, 0.15) is 0 Å². The van der Waals surface area contributed by atoms with Gasteiger partial charge in [-0.1, -0.05) is 64.7 Å². The van der Waals surface area contributed by atoms with Crippen LogP contribution in [0.3, 0.4) is 0 Å². The Bertz CT molecular complexity index is 276. The van der Waals surface area contributed by atoms with Crippen molar-refractivity contribution in [1.29, 1.82) is 0 Å². The first-order valence-electron chi connectivity index (χ1n) is 9.40. The molecule has 2 fully saturated rings. The normalized spacial score (nSPS) is 26.3. The van der Waals surface area contributed by atoms with E-state index in [1.54, 1.807) is 0 Å². The summed E-state index contributed by atoms with van der Waals surface area (Å²) in [7, 11) is -1.17. The fourth-order valence-electron chi connectivity index (χ4n) is 4.32. The van der Waals surface area contributed by atoms with Crippen LogP contribution in [0.1, 0.15) is 96.8 Å². The quantitative estimate of drug-likeness (QED) is 0.407. The second-order valence-electron chi connectivity index (χ2n) is 7.25. The predicted octanol–water partition coefficient (Wildman–Crippen LogP) is 6.17. The van der Waals surface area contributed by atoms with Gasteiger partial charge in [-0.2, -0.15) is 0 Å². The molecule has 2 aliphatic rings. The van der Waals surface area contributed by atoms with Gasteiger partial charge in [-0.15, -0.1) is 0 Å². The Morgan fingerprint density at radius 3 is 2.29 bits per heavy atom. The number of rotatable bonds is 9. The van der Waals surface area contributed by atoms with Crippen LogP contribution in [0.25, 0.3) is 0 Å². The van der Waals surface area contributed by atoms with Gasteiger partial charge in [-0.25, -0.2) is 0 Å². The lowest BCUT2D eigenvalue weighted by molar-refractivity contribution is 0.0130. The molecule has 2 nitrogen and oxygen atoms in total. The maximum atomic E-state index is 10.3. The molecule has 0 heterocycles. The number of hydrogen-bond acceptors (Lipinski definition) is 2. The summed E-state index contributed by atoms with van der Waals surface area (Å²) in [5.41, 5.74) is 0.447. The molecule has 1 N–H and O–H groups in total. The average molecular weight is 314 g/mol. The number of unbranched alkanes of at least 4 members (excludes halogenated alkanes) is 5. The van der Waals surface area contributed by atoms with Gasteiger partial charge in [0.25, 0.3) is 0 Å². The molecular weight excluding hydrogens is 279 g/mol. The zero-order chi connectivity index (χ0) is 15.0. The average Bonchev–Trinajstić information content (AvgIpc) is 2.95. The summed E-state index contributed by atoms with van der Waals surface area (Å²) >= 11 is 0. The summed E-state index contributed by atoms with van der Waals surface area (Å²) < 4.78 is 6.18. The summed E-state index contributed by atoms with van der Waals surface area (Å²) in [6.07, 6.45) is 19.7. The van der Waals surface area contributed by atoms with E-state index in [0.717, 1.165) is 12.6 Å². The van der Waals surface area contributed by atoms with Gasteiger partial charge in [0.15, 0.2) is 8.38 Å². The van der Waals surface area contributed by atoms with E-state index < -0.39 is 8.38 Å². The molecule has 2 saturated carbocycles. The van der Waals surface area contributed by atoms with Gasteiger partial charge in [-0.05, 0) is 37.5 Å². The monoisotopic (exact) mass is 314 g/mol. The molecule has 0 amide bonds. The molecule has 3 heteroatoms. The third-order valence-electron chi connectivity index (χ3n) is 5.63. The van der Waals surface area contributed by atoms with Gasteiger partial charge >= 0.3 is 0 Å². The van der Waals surface area contributed by atoms with Crippen molar-refractivity contribution in [3.8, 4) is 0 Å². The van der Waals surface area contributed by atoms with Crippen LogP contribution in [-0.2, 0) is 4.52 Å². The van der Waals surface area contributed by atoms with Crippen LogP contribution in [0, 0.1) is 5.41 Å². The van der Waals surface area contributed by atoms with E-state index in [-0.39, 0.29) is 0 Å². The van der Waals surface area contributed by atoms with E-state index in [1.807, 2.05) is 0 Å². The first-order valence-corrected chi connectivity index (χ1v) is 10.8. The topological polar surface area (TPSA) is 29.5 Å². The SMILES string of the molecule is CCCCCCCCP(O)OC1CCCCC12CCCC2. The zero-order valence-corrected chi connectivity index (χ0v) is 14.9. The molecule has 0 aromatic carbocycles. The second-order valence-corrected chi connectivity index (χ2v) is 8.62. The molecule has 2 unspecified atom stereocenters. The molecule has 2 aliphatic carbocycles. The number of hydrogen-bond donors (Lipinski definition) is 1. The van der Waals surface area contributed by atoms with Crippen molar-refractivity contribution in [3.63, 3.8) is 0 Å². The highest BCUT2D eigenvalue weighted by molar-refractivity contribution is 7.46. The Balaban J connectivity index is 1.65. The van der Waals surface area contributed by atoms with Crippen molar-refractivity contribution in [2.24, 2.45) is 5.41 Å². The minimum atomic E-state index is -1.17. The molecule has 124 valence electrons. The minimum Gasteiger partial charge on any atom is -0.350 e. The van der Waals surface area contributed by atoms with Crippen LogP contribution in [0.4, 0.5) is 0 Å². The van der Waals surface area contributed by atoms with E-state index >= 15 is 0 Å². The Morgan fingerprint density at radius 2 is 1.57 bits per heavy atom. The van der Waals surface area contributed by atoms with Crippen molar-refractivity contribution in [3.05, 3.63) is 0 Å². The molecule has 2 atom stereocenters. The highest BCUT2D eigenvalue weighted by atomic mass is 31.2. The smallest absolute Gasteiger partial charge is 0.167 e. The first kappa shape index (κ1) is 17.7. The van der Waals surface area contributed by atoms with Crippen LogP contribution in [0.2, 0.25) is 0 Å². The lowest BCUT2D eigenvalue weighted by Crippen LogP contribution is -2.37. The van der Waals surface area contributed by atoms with Crippen LogP contribution >= 0.6 is 8.38 Å². The van der Waals surface area contributed by atoms with Crippen molar-refractivity contribution < 1.29 is 9.42 Å². The molecule has 1 spiro atoms. The van der Waals surface area contributed by atoms with Gasteiger partial charge in [0, 0.05) is 6.16 Å². The van der Waals surface area contributed by atoms with Gasteiger partial charge in [-0.3, -0.25) is 0 Å². The molecule has 21 heavy (non-hydrogen) atoms. The third-order valence-corrected chi connectivity index (χ3v) is 6.82. The van der Waals surface area contributed by atoms with Crippen molar-refractivity contribution in [2.75, 3.05) is 6.16 Å². The lowest BCUT2D eigenvalue weighted by Gasteiger charge is -2.41. The minimum absolute atomic E-state index is 0.366. The fourth-order valence-corrected chi connectivity index (χ4v) is 5.54. The summed E-state index contributed by atoms with van der Waals surface area (Å²) in [6, 6.07) is 0. The molecule has 0 bridgehead atoms. The van der Waals surface area contributed by atoms with Crippen molar-refractivity contribution in [1.82, 2.24) is 0 Å². The largest absolute Gasteiger partial charge is 0.350 e. The predicted molar refractivity (Wildman–Crippen MR) is 91.6 cm³/mol. The van der Waals surface area contributed by atoms with E-state index in [9.17, 15) is 4.89 Å². The first-order chi connectivity index (χ1) is 10.3. The third kappa shape index (κ3) is 5.48. The lowest BCUT2D eigenvalue weighted by atomic mass is 9.71. The zero-order valence-electron chi connectivity index (χ0n) is 14.0. The molecule has 0 aromatic heterocycles. The van der Waals surface area contributed by atoms with Crippen LogP contribution in [0.5, 0.6) is 0 Å². The van der Waals surface area contributed by atoms with Gasteiger partial charge in [0.2, 0.25) is 0 Å². The Morgan fingerprint density at radius 1 is 0.952 bits per heavy atom. The Labute approximate surface area is 133 Å². The Kier molecular flexibility index (Phi) is 7.99. The highest BCUT2D eigenvalue weighted by Gasteiger charge is 2.44. The molecular formula is C18H35O2P. The molecule has 0 aliphatic heterocycles. The summed E-state index contributed by atoms with van der Waals surface area (Å²) in [4.78, 5) is 10.3. The second kappa shape index (κ2) is 9.48. The maximum Gasteiger partial charge on any atom is 0.167 e. The van der Waals surface area contributed by atoms with Crippen molar-refractivity contribution >= 4 is 8.38 Å². The molecule has 0 radical (unpaired) electrons. The molecule has 0 saturated heterocycles. The van der Waals surface area contributed by atoms with Crippen LogP contribution in [0.15, 0.2) is 0 Å². The summed E-state index contributed by atoms with van der Waals surface area (Å²) in [5.74, 6) is 0. The van der Waals surface area contributed by atoms with Crippen LogP contribution in [-0.4, -0.2) is 17.2 Å². The van der Waals surface area contributed by atoms with Gasteiger partial charge in [0.05, 0.1) is 6.10 Å². The molecule has 2 rings (SSSR count). The summed E-state index contributed by atoms with van der Waals surface area (Å²) in [6.45, 7) is 2.25. The maximum absolute atomic E-state index is 10.3. The highest BCUT2D eigenvalue weighted by Crippen LogP contribution is 2.53. The summed E-state index contributed by atoms with van der Waals surface area (Å²) in [5, 5.41) is 0. The van der Waals surface area contributed by atoms with E-state index in [0.29, 0.717) is 11.5 Å². The Hall–Kier alpha value is 0.350. The standard InChI is InChI=1S/C18H35O2P/c1-2-3-4-5-6-11-16-21(19)20-17-12-7-8-13-18(17)14-9-10-15-18/h17,19H,2-16H2,1H3. The van der Waals surface area contributed by atoms with E-state index in [2.05, 4.69) is 6.92 Å². The van der Waals surface area contributed by atoms with Crippen molar-refractivity contribution in [2.45, 2.75) is 103 Å². The molecule has 0 aromatic rings.